The van der Waals surface area contributed by atoms with Crippen LogP contribution < -0.4 is 5.73 Å². The summed E-state index contributed by atoms with van der Waals surface area (Å²) in [5.41, 5.74) is 11.6. The van der Waals surface area contributed by atoms with Gasteiger partial charge in [0.1, 0.15) is 12.1 Å². The van der Waals surface area contributed by atoms with Gasteiger partial charge in [0.25, 0.3) is 0 Å². The zero-order valence-corrected chi connectivity index (χ0v) is 18.4. The lowest BCUT2D eigenvalue weighted by molar-refractivity contribution is 0.0796. The topological polar surface area (TPSA) is 78.5 Å². The average molecular weight is 420 g/mol. The third-order valence-electron chi connectivity index (χ3n) is 7.59. The van der Waals surface area contributed by atoms with Crippen molar-refractivity contribution in [2.45, 2.75) is 44.2 Å². The van der Waals surface area contributed by atoms with Crippen LogP contribution in [0.3, 0.4) is 0 Å². The van der Waals surface area contributed by atoms with E-state index in [0.717, 1.165) is 34.0 Å². The molecule has 0 amide bonds. The highest BCUT2D eigenvalue weighted by molar-refractivity contribution is 5.89. The summed E-state index contributed by atoms with van der Waals surface area (Å²) in [4.78, 5) is 14.1. The monoisotopic (exact) mass is 419 g/mol. The highest BCUT2D eigenvalue weighted by Crippen LogP contribution is 2.47. The van der Waals surface area contributed by atoms with Crippen LogP contribution in [-0.4, -0.2) is 64.1 Å². The van der Waals surface area contributed by atoms with Gasteiger partial charge in [-0.2, -0.15) is 0 Å². The van der Waals surface area contributed by atoms with E-state index in [0.29, 0.717) is 17.7 Å². The van der Waals surface area contributed by atoms with Crippen molar-refractivity contribution in [2.75, 3.05) is 39.0 Å². The van der Waals surface area contributed by atoms with Crippen LogP contribution in [0, 0.1) is 5.92 Å². The summed E-state index contributed by atoms with van der Waals surface area (Å²) < 4.78 is 0. The predicted octanol–water partition coefficient (Wildman–Crippen LogP) is 2.89. The third kappa shape index (κ3) is 4.00. The number of anilines is 1. The molecule has 164 valence electrons. The first-order chi connectivity index (χ1) is 15.1. The predicted molar refractivity (Wildman–Crippen MR) is 123 cm³/mol. The Morgan fingerprint density at radius 1 is 1.00 bits per heavy atom. The molecule has 1 saturated heterocycles. The van der Waals surface area contributed by atoms with Crippen molar-refractivity contribution < 1.29 is 5.11 Å². The summed E-state index contributed by atoms with van der Waals surface area (Å²) in [5, 5.41) is 9.38. The van der Waals surface area contributed by atoms with Crippen molar-refractivity contribution in [1.29, 1.82) is 0 Å². The first-order valence-corrected chi connectivity index (χ1v) is 11.6. The van der Waals surface area contributed by atoms with Crippen LogP contribution in [-0.2, 0) is 6.61 Å². The average Bonchev–Trinajstić information content (AvgIpc) is 3.21. The maximum atomic E-state index is 9.38. The van der Waals surface area contributed by atoms with Gasteiger partial charge in [0.2, 0.25) is 0 Å². The number of hydrogen-bond acceptors (Lipinski definition) is 6. The molecule has 2 aromatic rings. The molecule has 0 radical (unpaired) electrons. The van der Waals surface area contributed by atoms with Crippen LogP contribution >= 0.6 is 0 Å². The number of aliphatic hydroxyl groups is 1. The summed E-state index contributed by atoms with van der Waals surface area (Å²) >= 11 is 0. The van der Waals surface area contributed by atoms with E-state index in [1.807, 2.05) is 12.1 Å². The SMILES string of the molecule is CN1CCN(C2CCC(C3C=C(c4ccc(CO)cc4)c4c(N)ncnc43)CC2)CC1. The molecule has 2 aliphatic carbocycles. The van der Waals surface area contributed by atoms with Crippen LogP contribution in [0.5, 0.6) is 0 Å². The standard InChI is InChI=1S/C25H33N5O/c1-29-10-12-30(13-11-29)20-8-6-19(7-9-20)22-14-21(18-4-2-17(15-31)3-5-18)23-24(22)27-16-28-25(23)26/h2-5,14,16,19-20,22,31H,6-13,15H2,1H3,(H2,26,27,28). The number of aliphatic hydroxyl groups excluding tert-OH is 1. The number of likely N-dealkylation sites (N-methyl/N-ethyl adjacent to an activating group) is 1. The van der Waals surface area contributed by atoms with Gasteiger partial charge < -0.3 is 15.7 Å². The van der Waals surface area contributed by atoms with E-state index >= 15 is 0 Å². The second-order valence-corrected chi connectivity index (χ2v) is 9.39. The fraction of sp³-hybridized carbons (Fsp3) is 0.520. The molecule has 1 aromatic carbocycles. The van der Waals surface area contributed by atoms with Crippen LogP contribution in [0.1, 0.15) is 54.0 Å². The summed E-state index contributed by atoms with van der Waals surface area (Å²) in [6.07, 6.45) is 9.01. The zero-order valence-electron chi connectivity index (χ0n) is 18.4. The normalized spacial score (nSPS) is 27.2. The molecule has 1 aliphatic heterocycles. The van der Waals surface area contributed by atoms with Gasteiger partial charge >= 0.3 is 0 Å². The number of piperazine rings is 1. The van der Waals surface area contributed by atoms with Crippen molar-refractivity contribution in [2.24, 2.45) is 5.92 Å². The molecule has 0 bridgehead atoms. The molecule has 2 fully saturated rings. The first kappa shape index (κ1) is 20.6. The van der Waals surface area contributed by atoms with Gasteiger partial charge in [-0.3, -0.25) is 4.90 Å². The van der Waals surface area contributed by atoms with E-state index in [1.54, 1.807) is 6.33 Å². The van der Waals surface area contributed by atoms with E-state index in [9.17, 15) is 5.11 Å². The molecule has 6 nitrogen and oxygen atoms in total. The Balaban J connectivity index is 1.36. The highest BCUT2D eigenvalue weighted by Gasteiger charge is 2.36. The van der Waals surface area contributed by atoms with Gasteiger partial charge in [0.05, 0.1) is 12.3 Å². The van der Waals surface area contributed by atoms with E-state index < -0.39 is 0 Å². The zero-order chi connectivity index (χ0) is 21.4. The van der Waals surface area contributed by atoms with Crippen molar-refractivity contribution in [3.63, 3.8) is 0 Å². The second kappa shape index (κ2) is 8.69. The van der Waals surface area contributed by atoms with Crippen molar-refractivity contribution >= 4 is 11.4 Å². The number of benzene rings is 1. The van der Waals surface area contributed by atoms with Gasteiger partial charge in [0.15, 0.2) is 0 Å². The van der Waals surface area contributed by atoms with Gasteiger partial charge in [-0.15, -0.1) is 0 Å². The molecule has 3 aliphatic rings. The summed E-state index contributed by atoms with van der Waals surface area (Å²) in [6, 6.07) is 8.82. The van der Waals surface area contributed by atoms with Gasteiger partial charge in [-0.1, -0.05) is 30.3 Å². The van der Waals surface area contributed by atoms with Gasteiger partial charge in [-0.25, -0.2) is 9.97 Å². The minimum absolute atomic E-state index is 0.0559. The van der Waals surface area contributed by atoms with Crippen molar-refractivity contribution in [1.82, 2.24) is 19.8 Å². The number of nitrogens with two attached hydrogens (primary N) is 1. The quantitative estimate of drug-likeness (QED) is 0.793. The molecule has 31 heavy (non-hydrogen) atoms. The smallest absolute Gasteiger partial charge is 0.134 e. The summed E-state index contributed by atoms with van der Waals surface area (Å²) in [7, 11) is 2.22. The molecule has 6 heteroatoms. The number of rotatable bonds is 4. The van der Waals surface area contributed by atoms with E-state index in [4.69, 9.17) is 10.7 Å². The summed E-state index contributed by atoms with van der Waals surface area (Å²) in [5.74, 6) is 1.48. The molecule has 3 N–H and O–H groups in total. The molecule has 1 unspecified atom stereocenters. The molecule has 1 aromatic heterocycles. The number of allylic oxidation sites excluding steroid dienone is 1. The number of nitrogens with zero attached hydrogens (tertiary/aromatic N) is 4. The Bertz CT molecular complexity index is 941. The minimum atomic E-state index is 0.0559. The lowest BCUT2D eigenvalue weighted by Gasteiger charge is -2.41. The van der Waals surface area contributed by atoms with E-state index in [2.05, 4.69) is 40.0 Å². The first-order valence-electron chi connectivity index (χ1n) is 11.6. The van der Waals surface area contributed by atoms with Crippen molar-refractivity contribution in [3.8, 4) is 0 Å². The van der Waals surface area contributed by atoms with Crippen LogP contribution in [0.2, 0.25) is 0 Å². The molecule has 2 heterocycles. The minimum Gasteiger partial charge on any atom is -0.392 e. The van der Waals surface area contributed by atoms with Crippen LogP contribution in [0.15, 0.2) is 36.7 Å². The molecular weight excluding hydrogens is 386 g/mol. The lowest BCUT2D eigenvalue weighted by atomic mass is 9.77. The van der Waals surface area contributed by atoms with Crippen LogP contribution in [0.4, 0.5) is 5.82 Å². The lowest BCUT2D eigenvalue weighted by Crippen LogP contribution is -2.50. The summed E-state index contributed by atoms with van der Waals surface area (Å²) in [6.45, 7) is 4.84. The van der Waals surface area contributed by atoms with E-state index in [1.165, 1.54) is 51.9 Å². The number of aromatic nitrogens is 2. The maximum Gasteiger partial charge on any atom is 0.134 e. The highest BCUT2D eigenvalue weighted by atomic mass is 16.3. The molecule has 1 atom stereocenters. The molecule has 1 saturated carbocycles. The maximum absolute atomic E-state index is 9.38. The second-order valence-electron chi connectivity index (χ2n) is 9.39. The Hall–Kier alpha value is -2.28. The number of hydrogen-bond donors (Lipinski definition) is 2. The molecule has 0 spiro atoms. The van der Waals surface area contributed by atoms with Gasteiger partial charge in [0, 0.05) is 43.7 Å². The Kier molecular flexibility index (Phi) is 5.78. The fourth-order valence-corrected chi connectivity index (χ4v) is 5.69. The fourth-order valence-electron chi connectivity index (χ4n) is 5.69. The largest absolute Gasteiger partial charge is 0.392 e. The Morgan fingerprint density at radius 3 is 2.39 bits per heavy atom. The molecular formula is C25H33N5O. The van der Waals surface area contributed by atoms with E-state index in [-0.39, 0.29) is 6.61 Å². The number of nitrogen functional groups attached to an aromatic ring is 1. The third-order valence-corrected chi connectivity index (χ3v) is 7.59. The molecule has 5 rings (SSSR count). The van der Waals surface area contributed by atoms with Gasteiger partial charge in [-0.05, 0) is 55.3 Å². The number of fused-ring (bicyclic) bond motifs is 1. The van der Waals surface area contributed by atoms with Crippen LogP contribution in [0.25, 0.3) is 5.57 Å². The Morgan fingerprint density at radius 2 is 1.71 bits per heavy atom. The Labute approximate surface area is 184 Å². The van der Waals surface area contributed by atoms with Crippen molar-refractivity contribution in [3.05, 3.63) is 59.1 Å².